The average molecular weight is 325 g/mol. The Morgan fingerprint density at radius 2 is 2.27 bits per heavy atom. The fourth-order valence-corrected chi connectivity index (χ4v) is 2.64. The molecule has 5 heteroatoms. The number of halogens is 1. The number of rotatable bonds is 6. The van der Waals surface area contributed by atoms with E-state index >= 15 is 0 Å². The van der Waals surface area contributed by atoms with Crippen molar-refractivity contribution in [2.75, 3.05) is 13.2 Å². The number of piperidine rings is 1. The fraction of sp³-hybridized carbons (Fsp3) is 0.471. The smallest absolute Gasteiger partial charge is 0.223 e. The number of nitrogens with one attached hydrogen (secondary N) is 2. The molecule has 1 aliphatic heterocycles. The first kappa shape index (κ1) is 18.5. The number of hydrogen-bond donors (Lipinski definition) is 2. The van der Waals surface area contributed by atoms with Crippen molar-refractivity contribution in [2.45, 2.75) is 32.4 Å². The van der Waals surface area contributed by atoms with E-state index in [9.17, 15) is 4.79 Å². The molecule has 1 aromatic carbocycles. The monoisotopic (exact) mass is 324 g/mol. The number of para-hydroxylation sites is 1. The fourth-order valence-electron chi connectivity index (χ4n) is 2.64. The van der Waals surface area contributed by atoms with Crippen LogP contribution in [-0.4, -0.2) is 25.1 Å². The van der Waals surface area contributed by atoms with E-state index in [0.717, 1.165) is 30.7 Å². The number of carbonyl (C=O) groups is 1. The van der Waals surface area contributed by atoms with E-state index in [0.29, 0.717) is 19.2 Å². The van der Waals surface area contributed by atoms with Crippen LogP contribution >= 0.6 is 12.4 Å². The summed E-state index contributed by atoms with van der Waals surface area (Å²) < 4.78 is 5.60. The third-order valence-corrected chi connectivity index (χ3v) is 3.78. The van der Waals surface area contributed by atoms with Gasteiger partial charge >= 0.3 is 0 Å². The molecule has 1 amide bonds. The van der Waals surface area contributed by atoms with Crippen molar-refractivity contribution in [1.82, 2.24) is 10.6 Å². The number of hydrogen-bond acceptors (Lipinski definition) is 3. The van der Waals surface area contributed by atoms with Crippen molar-refractivity contribution < 1.29 is 9.53 Å². The highest BCUT2D eigenvalue weighted by atomic mass is 35.5. The molecule has 22 heavy (non-hydrogen) atoms. The van der Waals surface area contributed by atoms with Crippen LogP contribution in [0.4, 0.5) is 0 Å². The molecule has 2 rings (SSSR count). The molecule has 0 spiro atoms. The lowest BCUT2D eigenvalue weighted by molar-refractivity contribution is -0.126. The quantitative estimate of drug-likeness (QED) is 0.791. The molecule has 0 unspecified atom stereocenters. The van der Waals surface area contributed by atoms with Gasteiger partial charge in [-0.05, 0) is 32.4 Å². The molecule has 1 heterocycles. The maximum absolute atomic E-state index is 12.2. The number of benzene rings is 1. The lowest BCUT2D eigenvalue weighted by Crippen LogP contribution is -2.42. The van der Waals surface area contributed by atoms with Gasteiger partial charge in [-0.25, -0.2) is 0 Å². The Morgan fingerprint density at radius 1 is 1.50 bits per heavy atom. The SMILES string of the molecule is C=CCOc1ccccc1CNC(=O)[C@H]1CCN[C@@H](C)C1.Cl. The highest BCUT2D eigenvalue weighted by Gasteiger charge is 2.24. The standard InChI is InChI=1S/C17H24N2O2.ClH/c1-3-10-21-16-7-5-4-6-15(16)12-19-17(20)14-8-9-18-13(2)11-14;/h3-7,13-14,18H,1,8-12H2,2H3,(H,19,20);1H/t13-,14-;/m0./s1. The van der Waals surface area contributed by atoms with Crippen LogP contribution in [-0.2, 0) is 11.3 Å². The molecular formula is C17H25ClN2O2. The van der Waals surface area contributed by atoms with Gasteiger partial charge in [-0.1, -0.05) is 30.9 Å². The van der Waals surface area contributed by atoms with Crippen LogP contribution in [0.2, 0.25) is 0 Å². The minimum atomic E-state index is 0. The molecule has 1 aliphatic rings. The van der Waals surface area contributed by atoms with Crippen LogP contribution < -0.4 is 15.4 Å². The third kappa shape index (κ3) is 5.35. The highest BCUT2D eigenvalue weighted by Crippen LogP contribution is 2.19. The maximum Gasteiger partial charge on any atom is 0.223 e. The molecule has 0 saturated carbocycles. The Hall–Kier alpha value is -1.52. The molecule has 0 bridgehead atoms. The summed E-state index contributed by atoms with van der Waals surface area (Å²) in [5.41, 5.74) is 0.995. The lowest BCUT2D eigenvalue weighted by Gasteiger charge is -2.27. The molecular weight excluding hydrogens is 300 g/mol. The van der Waals surface area contributed by atoms with E-state index in [-0.39, 0.29) is 24.2 Å². The van der Waals surface area contributed by atoms with Crippen molar-refractivity contribution in [1.29, 1.82) is 0 Å². The summed E-state index contributed by atoms with van der Waals surface area (Å²) in [6.07, 6.45) is 3.52. The third-order valence-electron chi connectivity index (χ3n) is 3.78. The summed E-state index contributed by atoms with van der Waals surface area (Å²) in [5.74, 6) is 1.06. The van der Waals surface area contributed by atoms with Gasteiger partial charge in [-0.3, -0.25) is 4.79 Å². The number of carbonyl (C=O) groups excluding carboxylic acids is 1. The predicted octanol–water partition coefficient (Wildman–Crippen LogP) is 2.68. The molecule has 4 nitrogen and oxygen atoms in total. The van der Waals surface area contributed by atoms with Crippen LogP contribution in [0.3, 0.4) is 0 Å². The normalized spacial score (nSPS) is 20.6. The zero-order valence-corrected chi connectivity index (χ0v) is 13.8. The molecule has 1 saturated heterocycles. The molecule has 2 atom stereocenters. The molecule has 0 radical (unpaired) electrons. The van der Waals surface area contributed by atoms with Gasteiger partial charge in [0, 0.05) is 24.1 Å². The second-order valence-electron chi connectivity index (χ2n) is 5.50. The van der Waals surface area contributed by atoms with Crippen LogP contribution in [0.1, 0.15) is 25.3 Å². The minimum Gasteiger partial charge on any atom is -0.489 e. The van der Waals surface area contributed by atoms with E-state index in [2.05, 4.69) is 24.1 Å². The zero-order valence-electron chi connectivity index (χ0n) is 13.0. The van der Waals surface area contributed by atoms with Crippen LogP contribution in [0.5, 0.6) is 5.75 Å². The lowest BCUT2D eigenvalue weighted by atomic mass is 9.92. The van der Waals surface area contributed by atoms with Crippen LogP contribution in [0.25, 0.3) is 0 Å². The van der Waals surface area contributed by atoms with Gasteiger partial charge in [0.15, 0.2) is 0 Å². The van der Waals surface area contributed by atoms with Crippen molar-refractivity contribution in [3.05, 3.63) is 42.5 Å². The summed E-state index contributed by atoms with van der Waals surface area (Å²) in [6, 6.07) is 8.19. The van der Waals surface area contributed by atoms with Gasteiger partial charge in [0.05, 0.1) is 0 Å². The van der Waals surface area contributed by atoms with E-state index in [1.807, 2.05) is 24.3 Å². The summed E-state index contributed by atoms with van der Waals surface area (Å²) in [7, 11) is 0. The van der Waals surface area contributed by atoms with Crippen LogP contribution in [0, 0.1) is 5.92 Å². The topological polar surface area (TPSA) is 50.4 Å². The van der Waals surface area contributed by atoms with Gasteiger partial charge < -0.3 is 15.4 Å². The van der Waals surface area contributed by atoms with Crippen molar-refractivity contribution in [2.24, 2.45) is 5.92 Å². The molecule has 122 valence electrons. The number of amides is 1. The summed E-state index contributed by atoms with van der Waals surface area (Å²) in [6.45, 7) is 7.66. The molecule has 0 aliphatic carbocycles. The molecule has 1 fully saturated rings. The Bertz CT molecular complexity index is 493. The first-order chi connectivity index (χ1) is 10.2. The van der Waals surface area contributed by atoms with Gasteiger partial charge in [0.25, 0.3) is 0 Å². The van der Waals surface area contributed by atoms with Crippen molar-refractivity contribution >= 4 is 18.3 Å². The van der Waals surface area contributed by atoms with Crippen molar-refractivity contribution in [3.63, 3.8) is 0 Å². The van der Waals surface area contributed by atoms with E-state index in [4.69, 9.17) is 4.74 Å². The first-order valence-electron chi connectivity index (χ1n) is 7.53. The number of ether oxygens (including phenoxy) is 1. The van der Waals surface area contributed by atoms with Gasteiger partial charge in [0.2, 0.25) is 5.91 Å². The van der Waals surface area contributed by atoms with Gasteiger partial charge in [0.1, 0.15) is 12.4 Å². The molecule has 1 aromatic rings. The van der Waals surface area contributed by atoms with Gasteiger partial charge in [-0.15, -0.1) is 12.4 Å². The van der Waals surface area contributed by atoms with Gasteiger partial charge in [-0.2, -0.15) is 0 Å². The van der Waals surface area contributed by atoms with E-state index in [1.54, 1.807) is 6.08 Å². The average Bonchev–Trinajstić information content (AvgIpc) is 2.51. The molecule has 0 aromatic heterocycles. The summed E-state index contributed by atoms with van der Waals surface area (Å²) >= 11 is 0. The maximum atomic E-state index is 12.2. The van der Waals surface area contributed by atoms with Crippen LogP contribution in [0.15, 0.2) is 36.9 Å². The Balaban J connectivity index is 0.00000242. The predicted molar refractivity (Wildman–Crippen MR) is 91.4 cm³/mol. The van der Waals surface area contributed by atoms with Crippen molar-refractivity contribution in [3.8, 4) is 5.75 Å². The van der Waals surface area contributed by atoms with E-state index in [1.165, 1.54) is 0 Å². The summed E-state index contributed by atoms with van der Waals surface area (Å²) in [5, 5.41) is 6.40. The van der Waals surface area contributed by atoms with E-state index < -0.39 is 0 Å². The Labute approximate surface area is 138 Å². The minimum absolute atomic E-state index is 0. The highest BCUT2D eigenvalue weighted by molar-refractivity contribution is 5.85. The zero-order chi connectivity index (χ0) is 15.1. The largest absolute Gasteiger partial charge is 0.489 e. The second kappa shape index (κ2) is 9.49. The Morgan fingerprint density at radius 3 is 3.00 bits per heavy atom. The summed E-state index contributed by atoms with van der Waals surface area (Å²) in [4.78, 5) is 12.2. The Kier molecular flexibility index (Phi) is 7.99. The second-order valence-corrected chi connectivity index (χ2v) is 5.50. The molecule has 2 N–H and O–H groups in total. The first-order valence-corrected chi connectivity index (χ1v) is 7.53.